The van der Waals surface area contributed by atoms with E-state index >= 15 is 0 Å². The van der Waals surface area contributed by atoms with Crippen molar-refractivity contribution in [1.29, 1.82) is 0 Å². The van der Waals surface area contributed by atoms with Crippen LogP contribution in [0.3, 0.4) is 0 Å². The number of carbonyl (C=O) groups is 1. The minimum Gasteiger partial charge on any atom is -0.350 e. The van der Waals surface area contributed by atoms with Gasteiger partial charge >= 0.3 is 6.18 Å². The van der Waals surface area contributed by atoms with Gasteiger partial charge in [0, 0.05) is 6.04 Å². The monoisotopic (exact) mass is 386 g/mol. The highest BCUT2D eigenvalue weighted by molar-refractivity contribution is 7.92. The number of alkyl halides is 3. The van der Waals surface area contributed by atoms with Crippen LogP contribution in [0, 0.1) is 0 Å². The van der Waals surface area contributed by atoms with E-state index in [1.807, 2.05) is 0 Å². The molecule has 0 aromatic heterocycles. The number of anilines is 1. The predicted molar refractivity (Wildman–Crippen MR) is 91.3 cm³/mol. The number of benzene rings is 2. The third-order valence-corrected chi connectivity index (χ3v) is 4.67. The van der Waals surface area contributed by atoms with Crippen LogP contribution in [0.2, 0.25) is 0 Å². The molecule has 0 spiro atoms. The van der Waals surface area contributed by atoms with Gasteiger partial charge in [0.2, 0.25) is 0 Å². The van der Waals surface area contributed by atoms with Crippen LogP contribution in [-0.4, -0.2) is 20.4 Å². The van der Waals surface area contributed by atoms with Crippen molar-refractivity contribution in [3.8, 4) is 0 Å². The molecule has 1 amide bonds. The molecule has 2 aromatic rings. The molecule has 0 atom stereocenters. The molecule has 26 heavy (non-hydrogen) atoms. The van der Waals surface area contributed by atoms with Gasteiger partial charge in [-0.05, 0) is 44.2 Å². The standard InChI is InChI=1S/C17H17F3N2O3S/c1-11(2)21-16(23)14-8-3-4-9-15(14)22-26(24,25)13-7-5-6-12(10-13)17(18,19)20/h3-11,22H,1-2H3,(H,21,23). The van der Waals surface area contributed by atoms with Gasteiger partial charge in [-0.25, -0.2) is 8.42 Å². The van der Waals surface area contributed by atoms with E-state index in [1.54, 1.807) is 19.9 Å². The van der Waals surface area contributed by atoms with Crippen molar-refractivity contribution in [3.63, 3.8) is 0 Å². The summed E-state index contributed by atoms with van der Waals surface area (Å²) in [7, 11) is -4.31. The van der Waals surface area contributed by atoms with Gasteiger partial charge in [0.05, 0.1) is 21.7 Å². The van der Waals surface area contributed by atoms with Gasteiger partial charge in [0.25, 0.3) is 15.9 Å². The molecule has 2 aromatic carbocycles. The molecule has 140 valence electrons. The van der Waals surface area contributed by atoms with Crippen LogP contribution in [0.25, 0.3) is 0 Å². The van der Waals surface area contributed by atoms with Crippen molar-refractivity contribution in [2.45, 2.75) is 31.0 Å². The summed E-state index contributed by atoms with van der Waals surface area (Å²) in [5.74, 6) is -0.498. The van der Waals surface area contributed by atoms with Crippen LogP contribution < -0.4 is 10.0 Å². The van der Waals surface area contributed by atoms with Crippen molar-refractivity contribution in [2.75, 3.05) is 4.72 Å². The van der Waals surface area contributed by atoms with Crippen LogP contribution in [0.15, 0.2) is 53.4 Å². The summed E-state index contributed by atoms with van der Waals surface area (Å²) < 4.78 is 65.5. The lowest BCUT2D eigenvalue weighted by molar-refractivity contribution is -0.137. The summed E-state index contributed by atoms with van der Waals surface area (Å²) in [5, 5.41) is 2.63. The Morgan fingerprint density at radius 2 is 1.69 bits per heavy atom. The van der Waals surface area contributed by atoms with Gasteiger partial charge < -0.3 is 5.32 Å². The fourth-order valence-corrected chi connectivity index (χ4v) is 3.28. The lowest BCUT2D eigenvalue weighted by Gasteiger charge is -2.15. The zero-order valence-electron chi connectivity index (χ0n) is 14.0. The molecule has 0 unspecified atom stereocenters. The first-order valence-corrected chi connectivity index (χ1v) is 9.09. The van der Waals surface area contributed by atoms with Crippen molar-refractivity contribution in [1.82, 2.24) is 5.32 Å². The Kier molecular flexibility index (Phi) is 5.60. The van der Waals surface area contributed by atoms with Crippen molar-refractivity contribution < 1.29 is 26.4 Å². The molecule has 2 N–H and O–H groups in total. The smallest absolute Gasteiger partial charge is 0.350 e. The fourth-order valence-electron chi connectivity index (χ4n) is 2.15. The number of hydrogen-bond donors (Lipinski definition) is 2. The van der Waals surface area contributed by atoms with E-state index in [2.05, 4.69) is 10.0 Å². The molecule has 0 saturated heterocycles. The molecule has 0 bridgehead atoms. The van der Waals surface area contributed by atoms with Gasteiger partial charge in [0.15, 0.2) is 0 Å². The maximum atomic E-state index is 12.8. The van der Waals surface area contributed by atoms with E-state index in [0.29, 0.717) is 6.07 Å². The van der Waals surface area contributed by atoms with Crippen molar-refractivity contribution in [3.05, 3.63) is 59.7 Å². The maximum absolute atomic E-state index is 12.8. The quantitative estimate of drug-likeness (QED) is 0.824. The van der Waals surface area contributed by atoms with Gasteiger partial charge in [-0.1, -0.05) is 18.2 Å². The molecule has 2 rings (SSSR count). The van der Waals surface area contributed by atoms with Crippen LogP contribution in [0.1, 0.15) is 29.8 Å². The summed E-state index contributed by atoms with van der Waals surface area (Å²) in [6.07, 6.45) is -4.67. The first-order chi connectivity index (χ1) is 12.0. The second kappa shape index (κ2) is 7.36. The Labute approximate surface area is 149 Å². The zero-order chi connectivity index (χ0) is 19.5. The first kappa shape index (κ1) is 19.8. The Morgan fingerprint density at radius 1 is 1.04 bits per heavy atom. The maximum Gasteiger partial charge on any atom is 0.416 e. The lowest BCUT2D eigenvalue weighted by atomic mass is 10.1. The number of para-hydroxylation sites is 1. The van der Waals surface area contributed by atoms with Gasteiger partial charge in [0.1, 0.15) is 0 Å². The second-order valence-electron chi connectivity index (χ2n) is 5.80. The van der Waals surface area contributed by atoms with E-state index in [4.69, 9.17) is 0 Å². The minimum atomic E-state index is -4.67. The molecular formula is C17H17F3N2O3S. The average Bonchev–Trinajstić information content (AvgIpc) is 2.53. The molecule has 0 aliphatic heterocycles. The molecule has 9 heteroatoms. The Hall–Kier alpha value is -2.55. The highest BCUT2D eigenvalue weighted by Crippen LogP contribution is 2.31. The summed E-state index contributed by atoms with van der Waals surface area (Å²) in [4.78, 5) is 11.6. The van der Waals surface area contributed by atoms with Crippen molar-refractivity contribution >= 4 is 21.6 Å². The fraction of sp³-hybridized carbons (Fsp3) is 0.235. The summed E-state index contributed by atoms with van der Waals surface area (Å²) in [6, 6.07) is 9.05. The first-order valence-electron chi connectivity index (χ1n) is 7.60. The van der Waals surface area contributed by atoms with E-state index in [9.17, 15) is 26.4 Å². The Morgan fingerprint density at radius 3 is 2.31 bits per heavy atom. The van der Waals surface area contributed by atoms with Crippen LogP contribution in [0.4, 0.5) is 18.9 Å². The summed E-state index contributed by atoms with van der Waals surface area (Å²) in [5.41, 5.74) is -1.04. The molecule has 0 heterocycles. The highest BCUT2D eigenvalue weighted by atomic mass is 32.2. The van der Waals surface area contributed by atoms with E-state index in [0.717, 1.165) is 18.2 Å². The van der Waals surface area contributed by atoms with Gasteiger partial charge in [-0.15, -0.1) is 0 Å². The molecular weight excluding hydrogens is 369 g/mol. The normalized spacial score (nSPS) is 12.1. The zero-order valence-corrected chi connectivity index (χ0v) is 14.8. The molecule has 0 radical (unpaired) electrons. The lowest BCUT2D eigenvalue weighted by Crippen LogP contribution is -2.31. The van der Waals surface area contributed by atoms with Crippen LogP contribution in [-0.2, 0) is 16.2 Å². The molecule has 0 fully saturated rings. The average molecular weight is 386 g/mol. The van der Waals surface area contributed by atoms with Gasteiger partial charge in [-0.2, -0.15) is 13.2 Å². The predicted octanol–water partition coefficient (Wildman–Crippen LogP) is 3.64. The summed E-state index contributed by atoms with van der Waals surface area (Å²) in [6.45, 7) is 3.49. The second-order valence-corrected chi connectivity index (χ2v) is 7.49. The van der Waals surface area contributed by atoms with Crippen LogP contribution >= 0.6 is 0 Å². The number of carbonyl (C=O) groups excluding carboxylic acids is 1. The third-order valence-electron chi connectivity index (χ3n) is 3.31. The number of amides is 1. The minimum absolute atomic E-state index is 0.0249. The number of rotatable bonds is 5. The largest absolute Gasteiger partial charge is 0.416 e. The molecule has 0 aliphatic carbocycles. The van der Waals surface area contributed by atoms with Crippen LogP contribution in [0.5, 0.6) is 0 Å². The Bertz CT molecular complexity index is 909. The number of sulfonamides is 1. The third kappa shape index (κ3) is 4.75. The molecule has 0 aliphatic rings. The van der Waals surface area contributed by atoms with Crippen molar-refractivity contribution in [2.24, 2.45) is 0 Å². The number of halogens is 3. The molecule has 0 saturated carbocycles. The number of nitrogens with one attached hydrogen (secondary N) is 2. The molecule has 5 nitrogen and oxygen atoms in total. The van der Waals surface area contributed by atoms with E-state index in [1.165, 1.54) is 18.2 Å². The number of hydrogen-bond acceptors (Lipinski definition) is 3. The Balaban J connectivity index is 2.38. The highest BCUT2D eigenvalue weighted by Gasteiger charge is 2.31. The SMILES string of the molecule is CC(C)NC(=O)c1ccccc1NS(=O)(=O)c1cccc(C(F)(F)F)c1. The van der Waals surface area contributed by atoms with E-state index < -0.39 is 32.6 Å². The van der Waals surface area contributed by atoms with Gasteiger partial charge in [-0.3, -0.25) is 9.52 Å². The topological polar surface area (TPSA) is 75.3 Å². The summed E-state index contributed by atoms with van der Waals surface area (Å²) >= 11 is 0. The van der Waals surface area contributed by atoms with E-state index in [-0.39, 0.29) is 17.3 Å².